The third-order valence-corrected chi connectivity index (χ3v) is 2.15. The molecule has 0 aliphatic carbocycles. The number of esters is 2. The molecule has 0 aromatic heterocycles. The molecule has 0 aromatic carbocycles. The fourth-order valence-electron chi connectivity index (χ4n) is 1.49. The van der Waals surface area contributed by atoms with Crippen LogP contribution in [-0.4, -0.2) is 24.1 Å². The normalized spacial score (nSPS) is 36.0. The van der Waals surface area contributed by atoms with Gasteiger partial charge in [0.05, 0.1) is 6.61 Å². The summed E-state index contributed by atoms with van der Waals surface area (Å²) in [7, 11) is 0. The van der Waals surface area contributed by atoms with E-state index in [1.807, 2.05) is 0 Å². The molecule has 2 aliphatic heterocycles. The van der Waals surface area contributed by atoms with Gasteiger partial charge in [-0.2, -0.15) is 0 Å². The maximum absolute atomic E-state index is 11.0. The van der Waals surface area contributed by atoms with Crippen LogP contribution in [0.25, 0.3) is 0 Å². The molecule has 1 atom stereocenters. The molecule has 2 aliphatic rings. The zero-order valence-electron chi connectivity index (χ0n) is 5.96. The van der Waals surface area contributed by atoms with Gasteiger partial charge in [0.2, 0.25) is 5.60 Å². The number of cyclic esters (lactones) is 1. The topological polar surface area (TPSA) is 52.6 Å². The van der Waals surface area contributed by atoms with Crippen molar-refractivity contribution >= 4 is 11.9 Å². The lowest BCUT2D eigenvalue weighted by Crippen LogP contribution is -2.33. The third-order valence-electron chi connectivity index (χ3n) is 2.15. The fourth-order valence-corrected chi connectivity index (χ4v) is 1.49. The SMILES string of the molecule is O=C1CCC2(CCOC2=O)O1. The van der Waals surface area contributed by atoms with E-state index in [0.717, 1.165) is 0 Å². The van der Waals surface area contributed by atoms with Gasteiger partial charge in [0.15, 0.2) is 0 Å². The Morgan fingerprint density at radius 1 is 1.27 bits per heavy atom. The summed E-state index contributed by atoms with van der Waals surface area (Å²) >= 11 is 0. The van der Waals surface area contributed by atoms with Crippen LogP contribution in [0.5, 0.6) is 0 Å². The lowest BCUT2D eigenvalue weighted by atomic mass is 9.99. The Bertz CT molecular complexity index is 222. The van der Waals surface area contributed by atoms with E-state index >= 15 is 0 Å². The zero-order chi connectivity index (χ0) is 7.90. The van der Waals surface area contributed by atoms with Crippen molar-refractivity contribution < 1.29 is 19.1 Å². The van der Waals surface area contributed by atoms with Gasteiger partial charge >= 0.3 is 11.9 Å². The van der Waals surface area contributed by atoms with E-state index < -0.39 is 5.60 Å². The van der Waals surface area contributed by atoms with Gasteiger partial charge in [-0.25, -0.2) is 4.79 Å². The largest absolute Gasteiger partial charge is 0.463 e. The molecule has 2 saturated heterocycles. The lowest BCUT2D eigenvalue weighted by Gasteiger charge is -2.14. The van der Waals surface area contributed by atoms with Crippen molar-refractivity contribution in [1.82, 2.24) is 0 Å². The molecule has 1 spiro atoms. The minimum absolute atomic E-state index is 0.288. The van der Waals surface area contributed by atoms with Gasteiger partial charge in [-0.1, -0.05) is 0 Å². The number of rotatable bonds is 0. The monoisotopic (exact) mass is 156 g/mol. The second kappa shape index (κ2) is 1.96. The summed E-state index contributed by atoms with van der Waals surface area (Å²) in [5, 5.41) is 0. The molecule has 0 N–H and O–H groups in total. The van der Waals surface area contributed by atoms with Gasteiger partial charge in [-0.15, -0.1) is 0 Å². The highest BCUT2D eigenvalue weighted by Crippen LogP contribution is 2.34. The smallest absolute Gasteiger partial charge is 0.350 e. The first kappa shape index (κ1) is 6.64. The molecule has 2 rings (SSSR count). The summed E-state index contributed by atoms with van der Waals surface area (Å²) in [6, 6.07) is 0. The summed E-state index contributed by atoms with van der Waals surface area (Å²) in [5.41, 5.74) is -0.892. The van der Waals surface area contributed by atoms with Gasteiger partial charge < -0.3 is 9.47 Å². The molecule has 60 valence electrons. The van der Waals surface area contributed by atoms with Crippen molar-refractivity contribution in [3.05, 3.63) is 0 Å². The van der Waals surface area contributed by atoms with Crippen molar-refractivity contribution in [2.24, 2.45) is 0 Å². The van der Waals surface area contributed by atoms with Crippen molar-refractivity contribution in [3.63, 3.8) is 0 Å². The Balaban J connectivity index is 2.22. The molecule has 0 aromatic rings. The molecule has 2 fully saturated rings. The molecule has 0 saturated carbocycles. The van der Waals surface area contributed by atoms with Crippen molar-refractivity contribution in [1.29, 1.82) is 0 Å². The summed E-state index contributed by atoms with van der Waals surface area (Å²) in [6.45, 7) is 0.381. The number of carbonyl (C=O) groups excluding carboxylic acids is 2. The molecular formula is C7H8O4. The van der Waals surface area contributed by atoms with Gasteiger partial charge in [-0.3, -0.25) is 4.79 Å². The minimum Gasteiger partial charge on any atom is -0.463 e. The van der Waals surface area contributed by atoms with Gasteiger partial charge in [0.25, 0.3) is 0 Å². The number of ether oxygens (including phenoxy) is 2. The molecule has 1 unspecified atom stereocenters. The second-order valence-corrected chi connectivity index (χ2v) is 2.85. The Hall–Kier alpha value is -1.06. The average molecular weight is 156 g/mol. The van der Waals surface area contributed by atoms with Gasteiger partial charge in [0, 0.05) is 19.3 Å². The Labute approximate surface area is 63.5 Å². The van der Waals surface area contributed by atoms with Crippen LogP contribution in [0.4, 0.5) is 0 Å². The van der Waals surface area contributed by atoms with Gasteiger partial charge in [-0.05, 0) is 0 Å². The van der Waals surface area contributed by atoms with Crippen LogP contribution in [0.1, 0.15) is 19.3 Å². The summed E-state index contributed by atoms with van der Waals surface area (Å²) in [6.07, 6.45) is 1.36. The van der Waals surface area contributed by atoms with Crippen LogP contribution in [-0.2, 0) is 19.1 Å². The van der Waals surface area contributed by atoms with Gasteiger partial charge in [0.1, 0.15) is 0 Å². The fraction of sp³-hybridized carbons (Fsp3) is 0.714. The van der Waals surface area contributed by atoms with E-state index in [1.165, 1.54) is 0 Å². The van der Waals surface area contributed by atoms with Crippen LogP contribution >= 0.6 is 0 Å². The van der Waals surface area contributed by atoms with E-state index in [2.05, 4.69) is 0 Å². The first-order valence-corrected chi connectivity index (χ1v) is 3.62. The molecule has 2 heterocycles. The lowest BCUT2D eigenvalue weighted by molar-refractivity contribution is -0.163. The van der Waals surface area contributed by atoms with Crippen molar-refractivity contribution in [3.8, 4) is 0 Å². The van der Waals surface area contributed by atoms with E-state index in [4.69, 9.17) is 9.47 Å². The van der Waals surface area contributed by atoms with E-state index in [1.54, 1.807) is 0 Å². The maximum Gasteiger partial charge on any atom is 0.350 e. The van der Waals surface area contributed by atoms with Crippen LogP contribution in [0, 0.1) is 0 Å². The molecule has 4 nitrogen and oxygen atoms in total. The molecular weight excluding hydrogens is 148 g/mol. The number of hydrogen-bond acceptors (Lipinski definition) is 4. The average Bonchev–Trinajstić information content (AvgIpc) is 2.46. The first-order valence-electron chi connectivity index (χ1n) is 3.62. The first-order chi connectivity index (χ1) is 5.23. The van der Waals surface area contributed by atoms with E-state index in [-0.39, 0.29) is 11.9 Å². The standard InChI is InChI=1S/C7H8O4/c8-5-1-2-7(11-5)3-4-10-6(7)9/h1-4H2. The van der Waals surface area contributed by atoms with E-state index in [9.17, 15) is 9.59 Å². The zero-order valence-corrected chi connectivity index (χ0v) is 5.96. The third kappa shape index (κ3) is 0.818. The number of hydrogen-bond donors (Lipinski definition) is 0. The molecule has 11 heavy (non-hydrogen) atoms. The molecule has 4 heteroatoms. The maximum atomic E-state index is 11.0. The Morgan fingerprint density at radius 3 is 2.55 bits per heavy atom. The second-order valence-electron chi connectivity index (χ2n) is 2.85. The van der Waals surface area contributed by atoms with Crippen molar-refractivity contribution in [2.75, 3.05) is 6.61 Å². The summed E-state index contributed by atoms with van der Waals surface area (Å²) in [4.78, 5) is 21.8. The summed E-state index contributed by atoms with van der Waals surface area (Å²) in [5.74, 6) is -0.660. The minimum atomic E-state index is -0.892. The van der Waals surface area contributed by atoms with Crippen LogP contribution in [0.15, 0.2) is 0 Å². The highest BCUT2D eigenvalue weighted by Gasteiger charge is 2.51. The highest BCUT2D eigenvalue weighted by molar-refractivity contribution is 5.88. The predicted octanol–water partition coefficient (Wildman–Crippen LogP) is 0.00910. The predicted molar refractivity (Wildman–Crippen MR) is 33.6 cm³/mol. The number of carbonyl (C=O) groups is 2. The molecule has 0 radical (unpaired) electrons. The van der Waals surface area contributed by atoms with Crippen LogP contribution in [0.3, 0.4) is 0 Å². The molecule has 0 bridgehead atoms. The molecule has 0 amide bonds. The Morgan fingerprint density at radius 2 is 2.09 bits per heavy atom. The van der Waals surface area contributed by atoms with Crippen molar-refractivity contribution in [2.45, 2.75) is 24.9 Å². The summed E-state index contributed by atoms with van der Waals surface area (Å²) < 4.78 is 9.63. The quantitative estimate of drug-likeness (QED) is 0.463. The van der Waals surface area contributed by atoms with E-state index in [0.29, 0.717) is 25.9 Å². The van der Waals surface area contributed by atoms with Crippen LogP contribution in [0.2, 0.25) is 0 Å². The van der Waals surface area contributed by atoms with Crippen LogP contribution < -0.4 is 0 Å². The Kier molecular flexibility index (Phi) is 1.19. The highest BCUT2D eigenvalue weighted by atomic mass is 16.6.